The Bertz CT molecular complexity index is 1450. The van der Waals surface area contributed by atoms with Crippen LogP contribution in [-0.2, 0) is 22.6 Å². The lowest BCUT2D eigenvalue weighted by Crippen LogP contribution is -2.55. The number of carbonyl (C=O) groups is 1. The number of halogens is 1. The van der Waals surface area contributed by atoms with Gasteiger partial charge in [0.05, 0.1) is 36.9 Å². The Morgan fingerprint density at radius 3 is 2.83 bits per heavy atom. The highest BCUT2D eigenvalue weighted by molar-refractivity contribution is 6.35. The van der Waals surface area contributed by atoms with Crippen molar-refractivity contribution in [3.63, 3.8) is 0 Å². The first kappa shape index (κ1) is 27.8. The van der Waals surface area contributed by atoms with Crippen LogP contribution in [0.2, 0.25) is 5.02 Å². The summed E-state index contributed by atoms with van der Waals surface area (Å²) in [5.41, 5.74) is 2.92. The highest BCUT2D eigenvalue weighted by Crippen LogP contribution is 2.39. The summed E-state index contributed by atoms with van der Waals surface area (Å²) in [7, 11) is 4.05. The molecule has 1 N–H and O–H groups in total. The number of anilines is 2. The van der Waals surface area contributed by atoms with Crippen LogP contribution >= 0.6 is 11.6 Å². The zero-order valence-corrected chi connectivity index (χ0v) is 23.7. The number of hydrogen-bond acceptors (Lipinski definition) is 8. The Hall–Kier alpha value is -3.71. The van der Waals surface area contributed by atoms with Gasteiger partial charge in [-0.1, -0.05) is 48.5 Å². The number of likely N-dealkylation sites (N-methyl/N-ethyl adjacent to an activating group) is 1. The molecule has 3 aromatic rings. The number of aromatic nitrogens is 2. The fraction of sp³-hybridized carbons (Fsp3) is 0.400. The maximum atomic E-state index is 12.5. The van der Waals surface area contributed by atoms with Crippen molar-refractivity contribution in [3.8, 4) is 6.07 Å². The number of rotatable bonds is 8. The Morgan fingerprint density at radius 2 is 2.08 bits per heavy atom. The molecule has 0 radical (unpaired) electrons. The second-order valence-electron chi connectivity index (χ2n) is 10.4. The molecule has 10 heteroatoms. The van der Waals surface area contributed by atoms with E-state index >= 15 is 0 Å². The number of nitriles is 1. The van der Waals surface area contributed by atoms with Crippen molar-refractivity contribution in [2.45, 2.75) is 31.6 Å². The molecule has 2 aliphatic heterocycles. The summed E-state index contributed by atoms with van der Waals surface area (Å²) in [6, 6.07) is 14.1. The average molecular weight is 560 g/mol. The van der Waals surface area contributed by atoms with Crippen molar-refractivity contribution in [1.29, 1.82) is 5.26 Å². The van der Waals surface area contributed by atoms with Gasteiger partial charge in [-0.15, -0.1) is 0 Å². The van der Waals surface area contributed by atoms with E-state index in [1.807, 2.05) is 32.3 Å². The van der Waals surface area contributed by atoms with Gasteiger partial charge in [-0.3, -0.25) is 4.79 Å². The van der Waals surface area contributed by atoms with Gasteiger partial charge in [0, 0.05) is 55.1 Å². The molecule has 9 nitrogen and oxygen atoms in total. The quantitative estimate of drug-likeness (QED) is 0.410. The number of fused-ring (bicyclic) bond motifs is 2. The molecular formula is C30H34ClN7O2. The van der Waals surface area contributed by atoms with Crippen molar-refractivity contribution in [1.82, 2.24) is 19.8 Å². The molecule has 0 bridgehead atoms. The maximum absolute atomic E-state index is 12.5. The van der Waals surface area contributed by atoms with Crippen LogP contribution in [0.15, 0.2) is 49.1 Å². The standard InChI is InChI=1S/C30H34ClN7O2/c1-4-27(39)38-16-15-37(18-21(38)11-12-32)29-23-19-40-26(17-25(23)34-30(35-29)33-13-14-36(2)3)22-9-5-7-20-8-6-10-24(31)28(20)22/h4-10,21,26H,1,11,13-19H2,2-3H3,(H,33,34,35)/t21-,26-/m0/s1. The largest absolute Gasteiger partial charge is 0.368 e. The van der Waals surface area contributed by atoms with Gasteiger partial charge < -0.3 is 24.8 Å². The lowest BCUT2D eigenvalue weighted by Gasteiger charge is -2.42. The van der Waals surface area contributed by atoms with Crippen LogP contribution < -0.4 is 10.2 Å². The van der Waals surface area contributed by atoms with Gasteiger partial charge in [0.15, 0.2) is 0 Å². The van der Waals surface area contributed by atoms with Gasteiger partial charge in [-0.2, -0.15) is 10.2 Å². The van der Waals surface area contributed by atoms with Crippen LogP contribution in [0, 0.1) is 11.3 Å². The summed E-state index contributed by atoms with van der Waals surface area (Å²) < 4.78 is 6.47. The minimum atomic E-state index is -0.255. The third kappa shape index (κ3) is 5.75. The van der Waals surface area contributed by atoms with Gasteiger partial charge >= 0.3 is 0 Å². The van der Waals surface area contributed by atoms with Crippen molar-refractivity contribution >= 4 is 40.0 Å². The molecule has 3 heterocycles. The van der Waals surface area contributed by atoms with E-state index in [-0.39, 0.29) is 24.5 Å². The van der Waals surface area contributed by atoms with Crippen molar-refractivity contribution < 1.29 is 9.53 Å². The van der Waals surface area contributed by atoms with E-state index in [1.165, 1.54) is 6.08 Å². The fourth-order valence-corrected chi connectivity index (χ4v) is 5.80. The normalized spacial score (nSPS) is 18.9. The SMILES string of the molecule is C=CC(=O)N1CCN(c2nc(NCCN(C)C)nc3c2CO[C@H](c2cccc4cccc(Cl)c24)C3)C[C@@H]1CC#N. The second-order valence-corrected chi connectivity index (χ2v) is 10.8. The maximum Gasteiger partial charge on any atom is 0.246 e. The van der Waals surface area contributed by atoms with Crippen LogP contribution in [-0.4, -0.2) is 78.5 Å². The molecule has 1 saturated heterocycles. The van der Waals surface area contributed by atoms with Crippen LogP contribution in [0.5, 0.6) is 0 Å². The number of nitrogens with one attached hydrogen (secondary N) is 1. The predicted octanol–water partition coefficient (Wildman–Crippen LogP) is 4.19. The highest BCUT2D eigenvalue weighted by atomic mass is 35.5. The molecule has 5 rings (SSSR count). The smallest absolute Gasteiger partial charge is 0.246 e. The fourth-order valence-electron chi connectivity index (χ4n) is 5.51. The van der Waals surface area contributed by atoms with Crippen LogP contribution in [0.3, 0.4) is 0 Å². The van der Waals surface area contributed by atoms with Gasteiger partial charge in [0.2, 0.25) is 11.9 Å². The third-order valence-corrected chi connectivity index (χ3v) is 7.84. The van der Waals surface area contributed by atoms with E-state index in [0.29, 0.717) is 50.2 Å². The summed E-state index contributed by atoms with van der Waals surface area (Å²) in [5.74, 6) is 1.20. The molecule has 0 spiro atoms. The summed E-state index contributed by atoms with van der Waals surface area (Å²) in [6.45, 7) is 7.08. The van der Waals surface area contributed by atoms with Crippen molar-refractivity contribution in [2.24, 2.45) is 0 Å². The van der Waals surface area contributed by atoms with E-state index in [0.717, 1.165) is 40.0 Å². The highest BCUT2D eigenvalue weighted by Gasteiger charge is 2.34. The van der Waals surface area contributed by atoms with E-state index < -0.39 is 0 Å². The minimum Gasteiger partial charge on any atom is -0.368 e. The Kier molecular flexibility index (Phi) is 8.50. The lowest BCUT2D eigenvalue weighted by atomic mass is 9.94. The molecule has 0 saturated carbocycles. The first-order valence-corrected chi connectivity index (χ1v) is 13.9. The van der Waals surface area contributed by atoms with Gasteiger partial charge in [-0.25, -0.2) is 4.98 Å². The molecular weight excluding hydrogens is 526 g/mol. The molecule has 1 aromatic heterocycles. The topological polar surface area (TPSA) is 97.6 Å². The zero-order chi connectivity index (χ0) is 28.2. The number of ether oxygens (including phenoxy) is 1. The van der Waals surface area contributed by atoms with Crippen LogP contribution in [0.25, 0.3) is 10.8 Å². The molecule has 0 unspecified atom stereocenters. The predicted molar refractivity (Wildman–Crippen MR) is 157 cm³/mol. The van der Waals surface area contributed by atoms with Gasteiger partial charge in [0.25, 0.3) is 0 Å². The molecule has 1 fully saturated rings. The van der Waals surface area contributed by atoms with Gasteiger partial charge in [0.1, 0.15) is 5.82 Å². The number of nitrogens with zero attached hydrogens (tertiary/aromatic N) is 6. The molecule has 1 amide bonds. The van der Waals surface area contributed by atoms with E-state index in [9.17, 15) is 10.1 Å². The number of piperazine rings is 1. The zero-order valence-electron chi connectivity index (χ0n) is 22.9. The van der Waals surface area contributed by atoms with Crippen molar-refractivity contribution in [3.05, 3.63) is 70.9 Å². The number of amides is 1. The molecule has 0 aliphatic carbocycles. The number of carbonyl (C=O) groups excluding carboxylic acids is 1. The van der Waals surface area contributed by atoms with E-state index in [1.54, 1.807) is 4.90 Å². The van der Waals surface area contributed by atoms with Crippen molar-refractivity contribution in [2.75, 3.05) is 57.0 Å². The van der Waals surface area contributed by atoms with Gasteiger partial charge in [-0.05, 0) is 37.2 Å². The van der Waals surface area contributed by atoms with Crippen LogP contribution in [0.4, 0.5) is 11.8 Å². The Labute approximate surface area is 240 Å². The summed E-state index contributed by atoms with van der Waals surface area (Å²) in [5, 5.41) is 15.6. The second kappa shape index (κ2) is 12.2. The Balaban J connectivity index is 1.49. The minimum absolute atomic E-state index is 0.157. The number of hydrogen-bond donors (Lipinski definition) is 1. The molecule has 208 valence electrons. The lowest BCUT2D eigenvalue weighted by molar-refractivity contribution is -0.128. The number of benzene rings is 2. The molecule has 2 aliphatic rings. The summed E-state index contributed by atoms with van der Waals surface area (Å²) in [6.07, 6.45) is 1.92. The first-order valence-electron chi connectivity index (χ1n) is 13.5. The van der Waals surface area contributed by atoms with E-state index in [2.05, 4.69) is 46.0 Å². The third-order valence-electron chi connectivity index (χ3n) is 7.52. The van der Waals surface area contributed by atoms with Crippen LogP contribution in [0.1, 0.15) is 29.3 Å². The molecule has 2 aromatic carbocycles. The molecule has 40 heavy (non-hydrogen) atoms. The summed E-state index contributed by atoms with van der Waals surface area (Å²) in [4.78, 5) is 28.3. The summed E-state index contributed by atoms with van der Waals surface area (Å²) >= 11 is 6.64. The first-order chi connectivity index (χ1) is 19.4. The average Bonchev–Trinajstić information content (AvgIpc) is 2.96. The van der Waals surface area contributed by atoms with E-state index in [4.69, 9.17) is 26.3 Å². The Morgan fingerprint density at radius 1 is 1.27 bits per heavy atom. The monoisotopic (exact) mass is 559 g/mol. The molecule has 2 atom stereocenters.